The fraction of sp³-hybridized carbons (Fsp3) is 0.385. The average molecular weight is 262 g/mol. The van der Waals surface area contributed by atoms with Crippen LogP contribution < -0.4 is 4.80 Å². The third kappa shape index (κ3) is 2.00. The van der Waals surface area contributed by atoms with Gasteiger partial charge in [-0.05, 0) is 25.0 Å². The van der Waals surface area contributed by atoms with E-state index in [0.717, 1.165) is 27.9 Å². The van der Waals surface area contributed by atoms with Crippen molar-refractivity contribution in [3.05, 3.63) is 29.1 Å². The van der Waals surface area contributed by atoms with E-state index in [1.54, 1.807) is 0 Å². The van der Waals surface area contributed by atoms with E-state index < -0.39 is 0 Å². The standard InChI is InChI=1S/C13H14N2O2S/c1-15-9-5-2-3-7-11(9)18-13(15)14-12(16)10-6-4-8-17-10/h2-3,5,7,10H,4,6,8H2,1H3. The first-order valence-electron chi connectivity index (χ1n) is 6.00. The number of benzene rings is 1. The largest absolute Gasteiger partial charge is 0.368 e. The van der Waals surface area contributed by atoms with Gasteiger partial charge >= 0.3 is 0 Å². The second kappa shape index (κ2) is 4.66. The third-order valence-corrected chi connectivity index (χ3v) is 4.24. The van der Waals surface area contributed by atoms with Crippen LogP contribution >= 0.6 is 11.3 Å². The first-order valence-corrected chi connectivity index (χ1v) is 6.82. The molecule has 0 spiro atoms. The lowest BCUT2D eigenvalue weighted by Crippen LogP contribution is -2.21. The molecular formula is C13H14N2O2S. The molecule has 1 amide bonds. The maximum Gasteiger partial charge on any atom is 0.277 e. The molecule has 5 heteroatoms. The van der Waals surface area contributed by atoms with Crippen molar-refractivity contribution in [2.75, 3.05) is 6.61 Å². The van der Waals surface area contributed by atoms with Gasteiger partial charge in [-0.1, -0.05) is 23.5 Å². The molecule has 2 aromatic rings. The Morgan fingerprint density at radius 3 is 3.06 bits per heavy atom. The Balaban J connectivity index is 2.03. The number of thiazole rings is 1. The summed E-state index contributed by atoms with van der Waals surface area (Å²) in [4.78, 5) is 16.9. The highest BCUT2D eigenvalue weighted by Crippen LogP contribution is 2.16. The molecule has 1 aromatic carbocycles. The highest BCUT2D eigenvalue weighted by molar-refractivity contribution is 7.16. The number of hydrogen-bond donors (Lipinski definition) is 0. The van der Waals surface area contributed by atoms with Crippen LogP contribution in [0.2, 0.25) is 0 Å². The van der Waals surface area contributed by atoms with E-state index in [0.29, 0.717) is 6.61 Å². The number of rotatable bonds is 1. The van der Waals surface area contributed by atoms with E-state index >= 15 is 0 Å². The highest BCUT2D eigenvalue weighted by Gasteiger charge is 2.23. The van der Waals surface area contributed by atoms with Crippen molar-refractivity contribution >= 4 is 27.5 Å². The summed E-state index contributed by atoms with van der Waals surface area (Å²) < 4.78 is 8.44. The molecule has 0 radical (unpaired) electrons. The minimum atomic E-state index is -0.338. The molecule has 18 heavy (non-hydrogen) atoms. The summed E-state index contributed by atoms with van der Waals surface area (Å²) in [5.41, 5.74) is 1.10. The van der Waals surface area contributed by atoms with Gasteiger partial charge in [0.05, 0.1) is 10.2 Å². The summed E-state index contributed by atoms with van der Waals surface area (Å²) in [6, 6.07) is 8.04. The van der Waals surface area contributed by atoms with Crippen molar-refractivity contribution in [1.29, 1.82) is 0 Å². The van der Waals surface area contributed by atoms with Crippen LogP contribution in [0.4, 0.5) is 0 Å². The molecule has 1 fully saturated rings. The van der Waals surface area contributed by atoms with E-state index in [-0.39, 0.29) is 12.0 Å². The van der Waals surface area contributed by atoms with E-state index in [1.807, 2.05) is 35.9 Å². The maximum absolute atomic E-state index is 11.9. The lowest BCUT2D eigenvalue weighted by Gasteiger charge is -2.02. The minimum Gasteiger partial charge on any atom is -0.368 e. The molecule has 0 N–H and O–H groups in total. The van der Waals surface area contributed by atoms with Gasteiger partial charge in [-0.2, -0.15) is 4.99 Å². The van der Waals surface area contributed by atoms with Gasteiger partial charge in [0, 0.05) is 13.7 Å². The van der Waals surface area contributed by atoms with Gasteiger partial charge in [-0.25, -0.2) is 0 Å². The summed E-state index contributed by atoms with van der Waals surface area (Å²) in [7, 11) is 1.93. The molecule has 3 rings (SSSR count). The molecule has 1 aliphatic rings. The van der Waals surface area contributed by atoms with Crippen LogP contribution in [0.1, 0.15) is 12.8 Å². The van der Waals surface area contributed by atoms with Crippen LogP contribution in [-0.2, 0) is 16.6 Å². The Hall–Kier alpha value is -1.46. The van der Waals surface area contributed by atoms with Crippen LogP contribution in [0.15, 0.2) is 29.3 Å². The quantitative estimate of drug-likeness (QED) is 0.787. The normalized spacial score (nSPS) is 20.7. The number of aromatic nitrogens is 1. The fourth-order valence-corrected chi connectivity index (χ4v) is 3.15. The zero-order valence-corrected chi connectivity index (χ0v) is 10.9. The Morgan fingerprint density at radius 2 is 2.33 bits per heavy atom. The summed E-state index contributed by atoms with van der Waals surface area (Å²) in [6.07, 6.45) is 1.40. The number of fused-ring (bicyclic) bond motifs is 1. The molecule has 2 heterocycles. The van der Waals surface area contributed by atoms with Gasteiger partial charge in [0.2, 0.25) is 0 Å². The predicted molar refractivity (Wildman–Crippen MR) is 70.3 cm³/mol. The number of aryl methyl sites for hydroxylation is 1. The Kier molecular flexibility index (Phi) is 3.01. The van der Waals surface area contributed by atoms with Gasteiger partial charge < -0.3 is 9.30 Å². The van der Waals surface area contributed by atoms with Crippen molar-refractivity contribution in [3.8, 4) is 0 Å². The molecule has 1 atom stereocenters. The first-order chi connectivity index (χ1) is 8.75. The monoisotopic (exact) mass is 262 g/mol. The Morgan fingerprint density at radius 1 is 1.50 bits per heavy atom. The molecule has 94 valence electrons. The lowest BCUT2D eigenvalue weighted by atomic mass is 10.2. The van der Waals surface area contributed by atoms with Crippen molar-refractivity contribution < 1.29 is 9.53 Å². The molecule has 1 unspecified atom stereocenters. The van der Waals surface area contributed by atoms with Crippen molar-refractivity contribution in [2.24, 2.45) is 12.0 Å². The number of carbonyl (C=O) groups is 1. The first kappa shape index (κ1) is 11.6. The molecule has 0 bridgehead atoms. The number of carbonyl (C=O) groups excluding carboxylic acids is 1. The van der Waals surface area contributed by atoms with Crippen LogP contribution in [-0.4, -0.2) is 23.2 Å². The number of amides is 1. The second-order valence-electron chi connectivity index (χ2n) is 4.36. The summed E-state index contributed by atoms with van der Waals surface area (Å²) in [6.45, 7) is 0.671. The number of hydrogen-bond acceptors (Lipinski definition) is 3. The van der Waals surface area contributed by atoms with Crippen LogP contribution in [0, 0.1) is 0 Å². The molecular weight excluding hydrogens is 248 g/mol. The smallest absolute Gasteiger partial charge is 0.277 e. The number of ether oxygens (including phenoxy) is 1. The van der Waals surface area contributed by atoms with Crippen molar-refractivity contribution in [1.82, 2.24) is 4.57 Å². The highest BCUT2D eigenvalue weighted by atomic mass is 32.1. The molecule has 1 aromatic heterocycles. The molecule has 0 saturated carbocycles. The third-order valence-electron chi connectivity index (χ3n) is 3.13. The Bertz CT molecular complexity index is 650. The molecule has 0 aliphatic carbocycles. The van der Waals surface area contributed by atoms with E-state index in [4.69, 9.17) is 4.74 Å². The van der Waals surface area contributed by atoms with Crippen molar-refractivity contribution in [3.63, 3.8) is 0 Å². The van der Waals surface area contributed by atoms with Crippen LogP contribution in [0.25, 0.3) is 10.2 Å². The topological polar surface area (TPSA) is 43.6 Å². The second-order valence-corrected chi connectivity index (χ2v) is 5.37. The molecule has 1 saturated heterocycles. The van der Waals surface area contributed by atoms with E-state index in [9.17, 15) is 4.79 Å². The Labute approximate surface area is 109 Å². The van der Waals surface area contributed by atoms with Gasteiger partial charge in [0.15, 0.2) is 4.80 Å². The minimum absolute atomic E-state index is 0.158. The summed E-state index contributed by atoms with van der Waals surface area (Å²) in [5.74, 6) is -0.158. The number of nitrogens with zero attached hydrogens (tertiary/aromatic N) is 2. The summed E-state index contributed by atoms with van der Waals surface area (Å²) >= 11 is 1.53. The zero-order valence-electron chi connectivity index (χ0n) is 10.1. The zero-order chi connectivity index (χ0) is 12.5. The summed E-state index contributed by atoms with van der Waals surface area (Å²) in [5, 5.41) is 0. The fourth-order valence-electron chi connectivity index (χ4n) is 2.13. The molecule has 4 nitrogen and oxygen atoms in total. The average Bonchev–Trinajstić information content (AvgIpc) is 3.00. The van der Waals surface area contributed by atoms with Gasteiger partial charge in [0.25, 0.3) is 5.91 Å². The predicted octanol–water partition coefficient (Wildman–Crippen LogP) is 1.85. The van der Waals surface area contributed by atoms with Gasteiger partial charge in [-0.15, -0.1) is 0 Å². The van der Waals surface area contributed by atoms with Crippen LogP contribution in [0.3, 0.4) is 0 Å². The van der Waals surface area contributed by atoms with E-state index in [2.05, 4.69) is 4.99 Å². The SMILES string of the molecule is Cn1c(=NC(=O)C2CCCO2)sc2ccccc21. The van der Waals surface area contributed by atoms with Gasteiger partial charge in [0.1, 0.15) is 6.10 Å². The van der Waals surface area contributed by atoms with Crippen molar-refractivity contribution in [2.45, 2.75) is 18.9 Å². The van der Waals surface area contributed by atoms with E-state index in [1.165, 1.54) is 11.3 Å². The van der Waals surface area contributed by atoms with Crippen LogP contribution in [0.5, 0.6) is 0 Å². The molecule has 1 aliphatic heterocycles. The maximum atomic E-state index is 11.9. The lowest BCUT2D eigenvalue weighted by molar-refractivity contribution is -0.126. The number of para-hydroxylation sites is 1. The van der Waals surface area contributed by atoms with Gasteiger partial charge in [-0.3, -0.25) is 4.79 Å².